The number of benzene rings is 1. The number of anilines is 2. The van der Waals surface area contributed by atoms with E-state index in [1.165, 1.54) is 24.4 Å². The van der Waals surface area contributed by atoms with E-state index in [-0.39, 0.29) is 11.3 Å². The number of nitrogens with one attached hydrogen (secondary N) is 1. The second-order valence-electron chi connectivity index (χ2n) is 3.68. The zero-order chi connectivity index (χ0) is 13.1. The highest BCUT2D eigenvalue weighted by atomic mass is 19.1. The number of hydrogen-bond donors (Lipinski definition) is 2. The van der Waals surface area contributed by atoms with Crippen LogP contribution in [-0.2, 0) is 6.54 Å². The van der Waals surface area contributed by atoms with E-state index in [9.17, 15) is 9.18 Å². The lowest BCUT2D eigenvalue weighted by Gasteiger charge is -2.08. The van der Waals surface area contributed by atoms with Gasteiger partial charge in [-0.05, 0) is 19.1 Å². The zero-order valence-corrected chi connectivity index (χ0v) is 9.72. The highest BCUT2D eigenvalue weighted by Crippen LogP contribution is 2.24. The van der Waals surface area contributed by atoms with E-state index in [1.54, 1.807) is 10.9 Å². The van der Waals surface area contributed by atoms with Crippen LogP contribution in [0.5, 0.6) is 0 Å². The summed E-state index contributed by atoms with van der Waals surface area (Å²) in [4.78, 5) is 11.0. The second-order valence-corrected chi connectivity index (χ2v) is 3.68. The first-order valence-electron chi connectivity index (χ1n) is 5.43. The predicted octanol–water partition coefficient (Wildman–Crippen LogP) is 2.48. The molecule has 18 heavy (non-hydrogen) atoms. The summed E-state index contributed by atoms with van der Waals surface area (Å²) < 4.78 is 15.3. The van der Waals surface area contributed by atoms with Crippen LogP contribution in [-0.4, -0.2) is 20.9 Å². The highest BCUT2D eigenvalue weighted by Gasteiger charge is 2.14. The Morgan fingerprint density at radius 3 is 2.94 bits per heavy atom. The fraction of sp³-hybridized carbons (Fsp3) is 0.167. The maximum Gasteiger partial charge on any atom is 0.337 e. The van der Waals surface area contributed by atoms with E-state index in [4.69, 9.17) is 5.11 Å². The molecule has 0 amide bonds. The van der Waals surface area contributed by atoms with Crippen molar-refractivity contribution in [2.24, 2.45) is 0 Å². The topological polar surface area (TPSA) is 67.2 Å². The van der Waals surface area contributed by atoms with Crippen LogP contribution in [0.4, 0.5) is 15.8 Å². The fourth-order valence-corrected chi connectivity index (χ4v) is 1.57. The Kier molecular flexibility index (Phi) is 3.27. The summed E-state index contributed by atoms with van der Waals surface area (Å²) >= 11 is 0. The summed E-state index contributed by atoms with van der Waals surface area (Å²) in [5.41, 5.74) is 0.379. The zero-order valence-electron chi connectivity index (χ0n) is 9.72. The van der Waals surface area contributed by atoms with Crippen molar-refractivity contribution < 1.29 is 14.3 Å². The lowest BCUT2D eigenvalue weighted by Crippen LogP contribution is -2.04. The summed E-state index contributed by atoms with van der Waals surface area (Å²) in [6.07, 6.45) is 3.19. The van der Waals surface area contributed by atoms with E-state index < -0.39 is 11.8 Å². The number of aryl methyl sites for hydroxylation is 1. The molecule has 1 heterocycles. The van der Waals surface area contributed by atoms with E-state index in [0.29, 0.717) is 12.2 Å². The average molecular weight is 249 g/mol. The molecule has 0 fully saturated rings. The molecular weight excluding hydrogens is 237 g/mol. The smallest absolute Gasteiger partial charge is 0.337 e. The van der Waals surface area contributed by atoms with Gasteiger partial charge in [0.25, 0.3) is 0 Å². The van der Waals surface area contributed by atoms with Gasteiger partial charge in [-0.25, -0.2) is 9.18 Å². The van der Waals surface area contributed by atoms with Gasteiger partial charge in [-0.15, -0.1) is 0 Å². The largest absolute Gasteiger partial charge is 0.478 e. The van der Waals surface area contributed by atoms with Crippen LogP contribution in [0, 0.1) is 5.82 Å². The fourth-order valence-electron chi connectivity index (χ4n) is 1.57. The van der Waals surface area contributed by atoms with E-state index in [2.05, 4.69) is 10.4 Å². The number of para-hydroxylation sites is 1. The molecule has 2 N–H and O–H groups in total. The number of carboxylic acids is 1. The van der Waals surface area contributed by atoms with Crippen molar-refractivity contribution in [2.75, 3.05) is 5.32 Å². The molecule has 0 saturated carbocycles. The average Bonchev–Trinajstić information content (AvgIpc) is 2.79. The van der Waals surface area contributed by atoms with Crippen LogP contribution in [0.1, 0.15) is 17.3 Å². The van der Waals surface area contributed by atoms with Gasteiger partial charge in [0.05, 0.1) is 23.1 Å². The van der Waals surface area contributed by atoms with Crippen LogP contribution in [0.15, 0.2) is 30.6 Å². The number of hydrogen-bond acceptors (Lipinski definition) is 3. The molecule has 1 aromatic heterocycles. The van der Waals surface area contributed by atoms with Crippen molar-refractivity contribution in [3.8, 4) is 0 Å². The quantitative estimate of drug-likeness (QED) is 0.873. The highest BCUT2D eigenvalue weighted by molar-refractivity contribution is 5.95. The Balaban J connectivity index is 2.36. The number of nitrogens with zero attached hydrogens (tertiary/aromatic N) is 2. The van der Waals surface area contributed by atoms with Gasteiger partial charge in [0.1, 0.15) is 5.82 Å². The number of aromatic carboxylic acids is 1. The summed E-state index contributed by atoms with van der Waals surface area (Å²) in [5, 5.41) is 15.7. The van der Waals surface area contributed by atoms with Crippen molar-refractivity contribution in [3.05, 3.63) is 42.0 Å². The van der Waals surface area contributed by atoms with Crippen molar-refractivity contribution in [1.82, 2.24) is 9.78 Å². The molecule has 0 aliphatic rings. The first-order valence-corrected chi connectivity index (χ1v) is 5.43. The number of halogens is 1. The lowest BCUT2D eigenvalue weighted by atomic mass is 10.1. The molecule has 2 rings (SSSR count). The summed E-state index contributed by atoms with van der Waals surface area (Å²) in [6.45, 7) is 2.60. The third kappa shape index (κ3) is 2.32. The molecule has 0 radical (unpaired) electrons. The molecule has 0 unspecified atom stereocenters. The van der Waals surface area contributed by atoms with Crippen LogP contribution in [0.2, 0.25) is 0 Å². The number of carboxylic acid groups (broad SMARTS) is 1. The lowest BCUT2D eigenvalue weighted by molar-refractivity contribution is 0.0697. The maximum absolute atomic E-state index is 13.6. The molecule has 2 aromatic rings. The van der Waals surface area contributed by atoms with Crippen molar-refractivity contribution in [3.63, 3.8) is 0 Å². The maximum atomic E-state index is 13.6. The minimum atomic E-state index is -1.18. The summed E-state index contributed by atoms with van der Waals surface area (Å²) in [6, 6.07) is 3.91. The third-order valence-corrected chi connectivity index (χ3v) is 2.47. The van der Waals surface area contributed by atoms with Crippen molar-refractivity contribution in [2.45, 2.75) is 13.5 Å². The van der Waals surface area contributed by atoms with E-state index in [1.807, 2.05) is 6.92 Å². The third-order valence-electron chi connectivity index (χ3n) is 2.47. The number of rotatable bonds is 4. The standard InChI is InChI=1S/C12H12FN3O2/c1-2-16-7-8(6-14-16)15-11-9(12(17)18)4-3-5-10(11)13/h3-7,15H,2H2,1H3,(H,17,18). The Labute approximate surface area is 103 Å². The summed E-state index contributed by atoms with van der Waals surface area (Å²) in [7, 11) is 0. The Hall–Kier alpha value is -2.37. The van der Waals surface area contributed by atoms with Gasteiger partial charge in [-0.2, -0.15) is 5.10 Å². The van der Waals surface area contributed by atoms with Crippen molar-refractivity contribution >= 4 is 17.3 Å². The summed E-state index contributed by atoms with van der Waals surface area (Å²) in [5.74, 6) is -1.79. The normalized spacial score (nSPS) is 10.3. The molecule has 0 aliphatic heterocycles. The van der Waals surface area contributed by atoms with Gasteiger partial charge < -0.3 is 10.4 Å². The predicted molar refractivity (Wildman–Crippen MR) is 64.5 cm³/mol. The Bertz CT molecular complexity index is 580. The molecule has 0 spiro atoms. The van der Waals surface area contributed by atoms with E-state index >= 15 is 0 Å². The minimum Gasteiger partial charge on any atom is -0.478 e. The minimum absolute atomic E-state index is 0.0550. The molecule has 1 aromatic carbocycles. The first-order chi connectivity index (χ1) is 8.61. The van der Waals surface area contributed by atoms with Gasteiger partial charge >= 0.3 is 5.97 Å². The first kappa shape index (κ1) is 12.1. The van der Waals surface area contributed by atoms with E-state index in [0.717, 1.165) is 0 Å². The van der Waals surface area contributed by atoms with Crippen LogP contribution < -0.4 is 5.32 Å². The molecule has 0 aliphatic carbocycles. The van der Waals surface area contributed by atoms with Crippen LogP contribution in [0.3, 0.4) is 0 Å². The monoisotopic (exact) mass is 249 g/mol. The molecule has 0 bridgehead atoms. The van der Waals surface area contributed by atoms with Crippen LogP contribution in [0.25, 0.3) is 0 Å². The number of carbonyl (C=O) groups is 1. The number of aromatic nitrogens is 2. The van der Waals surface area contributed by atoms with Gasteiger partial charge in [-0.3, -0.25) is 4.68 Å². The van der Waals surface area contributed by atoms with Crippen molar-refractivity contribution in [1.29, 1.82) is 0 Å². The SMILES string of the molecule is CCn1cc(Nc2c(F)cccc2C(=O)O)cn1. The van der Waals surface area contributed by atoms with Crippen LogP contribution >= 0.6 is 0 Å². The Morgan fingerprint density at radius 2 is 2.33 bits per heavy atom. The molecular formula is C12H12FN3O2. The van der Waals surface area contributed by atoms with Gasteiger partial charge in [0.15, 0.2) is 0 Å². The van der Waals surface area contributed by atoms with Gasteiger partial charge in [-0.1, -0.05) is 6.07 Å². The molecule has 0 saturated heterocycles. The molecule has 0 atom stereocenters. The second kappa shape index (κ2) is 4.87. The molecule has 94 valence electrons. The van der Waals surface area contributed by atoms with Gasteiger partial charge in [0, 0.05) is 12.7 Å². The Morgan fingerprint density at radius 1 is 1.56 bits per heavy atom. The molecule has 5 nitrogen and oxygen atoms in total. The van der Waals surface area contributed by atoms with Gasteiger partial charge in [0.2, 0.25) is 0 Å². The molecule has 6 heteroatoms.